The monoisotopic (exact) mass is 572 g/mol. The van der Waals surface area contributed by atoms with Gasteiger partial charge in [-0.1, -0.05) is 30.3 Å². The molecule has 0 bridgehead atoms. The lowest BCUT2D eigenvalue weighted by Gasteiger charge is -2.41. The van der Waals surface area contributed by atoms with Gasteiger partial charge >= 0.3 is 40.4 Å². The first-order chi connectivity index (χ1) is 14.5. The van der Waals surface area contributed by atoms with E-state index in [4.69, 9.17) is 0 Å². The molecule has 0 saturated carbocycles. The Hall–Kier alpha value is -1.71. The van der Waals surface area contributed by atoms with Crippen molar-refractivity contribution < 1.29 is 67.3 Å². The van der Waals surface area contributed by atoms with Crippen LogP contribution in [-0.4, -0.2) is 51.1 Å². The molecule has 1 aromatic carbocycles. The Kier molecular flexibility index (Phi) is 7.83. The van der Waals surface area contributed by atoms with Crippen LogP contribution in [0.4, 0.5) is 52.7 Å². The molecular formula is C17H13BrF12O3. The Morgan fingerprint density at radius 3 is 1.67 bits per heavy atom. The summed E-state index contributed by atoms with van der Waals surface area (Å²) in [4.78, 5) is 5.55. The van der Waals surface area contributed by atoms with Crippen LogP contribution in [-0.2, 0) is 16.1 Å². The number of rotatable bonds is 10. The van der Waals surface area contributed by atoms with Crippen molar-refractivity contribution in [3.8, 4) is 0 Å². The standard InChI is InChI=1S/C17H13BrF12O3/c1-11(32,10(31)33-7-9-5-3-2-4-6-9)8-12(19,20)13(21,22)14(23,24)15(25,26)16(27,28)17(18,29)30/h2-6,32H,7-8H2,1H3. The molecule has 0 aliphatic carbocycles. The van der Waals surface area contributed by atoms with Gasteiger partial charge in [0.2, 0.25) is 0 Å². The Labute approximate surface area is 185 Å². The van der Waals surface area contributed by atoms with E-state index in [0.29, 0.717) is 15.9 Å². The van der Waals surface area contributed by atoms with Crippen molar-refractivity contribution in [3.05, 3.63) is 35.9 Å². The Morgan fingerprint density at radius 2 is 1.24 bits per heavy atom. The predicted molar refractivity (Wildman–Crippen MR) is 90.1 cm³/mol. The lowest BCUT2D eigenvalue weighted by atomic mass is 9.88. The summed E-state index contributed by atoms with van der Waals surface area (Å²) in [6.07, 6.45) is -3.03. The van der Waals surface area contributed by atoms with Crippen molar-refractivity contribution in [2.45, 2.75) is 60.0 Å². The summed E-state index contributed by atoms with van der Waals surface area (Å²) in [5.41, 5.74) is -3.53. The molecule has 1 N–H and O–H groups in total. The van der Waals surface area contributed by atoms with Crippen LogP contribution >= 0.6 is 15.9 Å². The summed E-state index contributed by atoms with van der Waals surface area (Å²) in [5, 5.41) is 9.72. The minimum Gasteiger partial charge on any atom is -0.459 e. The van der Waals surface area contributed by atoms with Crippen molar-refractivity contribution in [1.29, 1.82) is 0 Å². The number of hydrogen-bond donors (Lipinski definition) is 1. The van der Waals surface area contributed by atoms with Gasteiger partial charge in [0.25, 0.3) is 0 Å². The summed E-state index contributed by atoms with van der Waals surface area (Å²) >= 11 is 0.620. The van der Waals surface area contributed by atoms with Gasteiger partial charge in [0.15, 0.2) is 5.60 Å². The molecule has 0 amide bonds. The van der Waals surface area contributed by atoms with E-state index < -0.39 is 59.0 Å². The zero-order valence-corrected chi connectivity index (χ0v) is 17.6. The molecular weight excluding hydrogens is 560 g/mol. The van der Waals surface area contributed by atoms with Gasteiger partial charge in [-0.15, -0.1) is 0 Å². The van der Waals surface area contributed by atoms with E-state index in [1.165, 1.54) is 30.3 Å². The van der Waals surface area contributed by atoms with Crippen molar-refractivity contribution in [3.63, 3.8) is 0 Å². The highest BCUT2D eigenvalue weighted by Crippen LogP contribution is 2.61. The van der Waals surface area contributed by atoms with E-state index >= 15 is 0 Å². The molecule has 0 spiro atoms. The average Bonchev–Trinajstić information content (AvgIpc) is 2.64. The SMILES string of the molecule is CC(O)(CC(F)(F)C(F)(F)C(F)(F)C(F)(F)C(F)(F)C(F)(F)Br)C(=O)OCc1ccccc1. The van der Waals surface area contributed by atoms with E-state index in [9.17, 15) is 62.6 Å². The Morgan fingerprint density at radius 1 is 0.818 bits per heavy atom. The van der Waals surface area contributed by atoms with Crippen LogP contribution in [0.15, 0.2) is 30.3 Å². The molecule has 0 heterocycles. The van der Waals surface area contributed by atoms with Crippen LogP contribution < -0.4 is 0 Å². The number of alkyl halides is 13. The molecule has 0 aliphatic rings. The van der Waals surface area contributed by atoms with Crippen molar-refractivity contribution >= 4 is 21.9 Å². The molecule has 33 heavy (non-hydrogen) atoms. The third-order valence-corrected chi connectivity index (χ3v) is 4.72. The normalized spacial score (nSPS) is 16.3. The van der Waals surface area contributed by atoms with E-state index in [2.05, 4.69) is 4.74 Å². The van der Waals surface area contributed by atoms with Gasteiger partial charge in [-0.25, -0.2) is 4.79 Å². The molecule has 0 aliphatic heterocycles. The molecule has 1 rings (SSSR count). The van der Waals surface area contributed by atoms with Gasteiger partial charge in [0, 0.05) is 0 Å². The fourth-order valence-electron chi connectivity index (χ4n) is 2.30. The third kappa shape index (κ3) is 5.20. The molecule has 1 unspecified atom stereocenters. The molecule has 0 fully saturated rings. The number of carbonyl (C=O) groups excluding carboxylic acids is 1. The highest BCUT2D eigenvalue weighted by atomic mass is 79.9. The van der Waals surface area contributed by atoms with Crippen LogP contribution in [0.5, 0.6) is 0 Å². The number of benzene rings is 1. The number of carbonyl (C=O) groups is 1. The van der Waals surface area contributed by atoms with E-state index in [-0.39, 0.29) is 12.5 Å². The molecule has 0 radical (unpaired) electrons. The molecule has 16 heteroatoms. The second-order valence-electron chi connectivity index (χ2n) is 7.01. The van der Waals surface area contributed by atoms with Gasteiger partial charge in [0.05, 0.1) is 6.42 Å². The summed E-state index contributed by atoms with van der Waals surface area (Å²) in [5.74, 6) is -38.9. The molecule has 0 saturated heterocycles. The lowest BCUT2D eigenvalue weighted by Crippen LogP contribution is -2.70. The van der Waals surface area contributed by atoms with Crippen LogP contribution in [0.25, 0.3) is 0 Å². The molecule has 1 aromatic rings. The number of aliphatic hydroxyl groups is 1. The van der Waals surface area contributed by atoms with Crippen molar-refractivity contribution in [2.75, 3.05) is 0 Å². The van der Waals surface area contributed by atoms with Crippen LogP contribution in [0.1, 0.15) is 18.9 Å². The minimum absolute atomic E-state index is 0.0713. The second-order valence-corrected chi connectivity index (χ2v) is 8.01. The summed E-state index contributed by atoms with van der Waals surface area (Å²) in [6.45, 7) is -0.652. The molecule has 3 nitrogen and oxygen atoms in total. The van der Waals surface area contributed by atoms with Gasteiger partial charge in [-0.2, -0.15) is 52.7 Å². The Balaban J connectivity index is 3.21. The quantitative estimate of drug-likeness (QED) is 0.211. The van der Waals surface area contributed by atoms with E-state index in [0.717, 1.165) is 0 Å². The highest BCUT2D eigenvalue weighted by molar-refractivity contribution is 9.10. The number of esters is 1. The first-order valence-corrected chi connectivity index (χ1v) is 9.14. The fourth-order valence-corrected chi connectivity index (χ4v) is 2.55. The van der Waals surface area contributed by atoms with Crippen LogP contribution in [0.3, 0.4) is 0 Å². The van der Waals surface area contributed by atoms with Gasteiger partial charge in [0.1, 0.15) is 6.61 Å². The smallest absolute Gasteiger partial charge is 0.388 e. The second kappa shape index (κ2) is 8.82. The summed E-state index contributed by atoms with van der Waals surface area (Å²) in [6, 6.07) is 7.00. The molecule has 0 aromatic heterocycles. The third-order valence-electron chi connectivity index (χ3n) is 4.22. The zero-order valence-electron chi connectivity index (χ0n) is 16.0. The minimum atomic E-state index is -7.80. The van der Waals surface area contributed by atoms with Crippen molar-refractivity contribution in [2.24, 2.45) is 0 Å². The van der Waals surface area contributed by atoms with Gasteiger partial charge < -0.3 is 9.84 Å². The maximum absolute atomic E-state index is 14.0. The van der Waals surface area contributed by atoms with Crippen LogP contribution in [0, 0.1) is 0 Å². The largest absolute Gasteiger partial charge is 0.459 e. The number of hydrogen-bond acceptors (Lipinski definition) is 3. The average molecular weight is 573 g/mol. The van der Waals surface area contributed by atoms with Gasteiger partial charge in [-0.05, 0) is 28.4 Å². The topological polar surface area (TPSA) is 46.5 Å². The zero-order chi connectivity index (χ0) is 26.3. The Bertz CT molecular complexity index is 837. The maximum atomic E-state index is 14.0. The maximum Gasteiger partial charge on any atom is 0.388 e. The fraction of sp³-hybridized carbons (Fsp3) is 0.588. The van der Waals surface area contributed by atoms with E-state index in [1.54, 1.807) is 0 Å². The lowest BCUT2D eigenvalue weighted by molar-refractivity contribution is -0.417. The highest BCUT2D eigenvalue weighted by Gasteiger charge is 2.90. The first kappa shape index (κ1) is 29.3. The summed E-state index contributed by atoms with van der Waals surface area (Å²) < 4.78 is 166. The predicted octanol–water partition coefficient (Wildman–Crippen LogP) is 6.04. The summed E-state index contributed by atoms with van der Waals surface area (Å²) in [7, 11) is 0. The van der Waals surface area contributed by atoms with Crippen LogP contribution in [0.2, 0.25) is 0 Å². The molecule has 190 valence electrons. The van der Waals surface area contributed by atoms with E-state index in [1.807, 2.05) is 0 Å². The van der Waals surface area contributed by atoms with Gasteiger partial charge in [-0.3, -0.25) is 0 Å². The first-order valence-electron chi connectivity index (χ1n) is 8.35. The number of ether oxygens (including phenoxy) is 1. The number of halogens is 13. The molecule has 1 atom stereocenters. The van der Waals surface area contributed by atoms with Crippen molar-refractivity contribution in [1.82, 2.24) is 0 Å².